The van der Waals surface area contributed by atoms with E-state index in [9.17, 15) is 0 Å². The Hall–Kier alpha value is -0.920. The zero-order chi connectivity index (χ0) is 15.0. The van der Waals surface area contributed by atoms with Gasteiger partial charge in [-0.3, -0.25) is 5.10 Å². The van der Waals surface area contributed by atoms with E-state index >= 15 is 0 Å². The van der Waals surface area contributed by atoms with E-state index in [1.54, 1.807) is 11.3 Å². The number of aryl methyl sites for hydroxylation is 1. The molecular formula is C14H20BrN5S. The number of piperidine rings is 1. The maximum Gasteiger partial charge on any atom is 0.245 e. The van der Waals surface area contributed by atoms with Crippen molar-refractivity contribution in [2.24, 2.45) is 11.1 Å². The molecule has 0 amide bonds. The van der Waals surface area contributed by atoms with Crippen LogP contribution in [0.5, 0.6) is 0 Å². The minimum atomic E-state index is 0.269. The smallest absolute Gasteiger partial charge is 0.245 e. The molecule has 1 fully saturated rings. The van der Waals surface area contributed by atoms with Crippen LogP contribution < -0.4 is 10.6 Å². The van der Waals surface area contributed by atoms with Crippen molar-refractivity contribution in [3.05, 3.63) is 15.4 Å². The van der Waals surface area contributed by atoms with Gasteiger partial charge in [0.1, 0.15) is 0 Å². The van der Waals surface area contributed by atoms with Gasteiger partial charge >= 0.3 is 0 Å². The minimum Gasteiger partial charge on any atom is -0.339 e. The molecule has 0 aliphatic carbocycles. The van der Waals surface area contributed by atoms with E-state index in [2.05, 4.69) is 55.9 Å². The number of aromatic amines is 1. The second-order valence-electron chi connectivity index (χ2n) is 6.05. The van der Waals surface area contributed by atoms with Crippen LogP contribution in [0.1, 0.15) is 25.3 Å². The van der Waals surface area contributed by atoms with Crippen molar-refractivity contribution in [3.63, 3.8) is 0 Å². The monoisotopic (exact) mass is 369 g/mol. The lowest BCUT2D eigenvalue weighted by Crippen LogP contribution is -2.42. The quantitative estimate of drug-likeness (QED) is 0.871. The number of nitrogens with two attached hydrogens (primary N) is 1. The van der Waals surface area contributed by atoms with Crippen LogP contribution in [0.3, 0.4) is 0 Å². The summed E-state index contributed by atoms with van der Waals surface area (Å²) in [5.74, 6) is 1.64. The minimum absolute atomic E-state index is 0.269. The van der Waals surface area contributed by atoms with Gasteiger partial charge in [-0.15, -0.1) is 16.4 Å². The number of halogens is 1. The first-order chi connectivity index (χ1) is 10.0. The average Bonchev–Trinajstić information content (AvgIpc) is 3.08. The highest BCUT2D eigenvalue weighted by atomic mass is 79.9. The predicted molar refractivity (Wildman–Crippen MR) is 90.7 cm³/mol. The first kappa shape index (κ1) is 15.0. The third-order valence-corrected chi connectivity index (χ3v) is 6.45. The van der Waals surface area contributed by atoms with Crippen molar-refractivity contribution in [2.75, 3.05) is 24.5 Å². The second kappa shape index (κ2) is 5.70. The van der Waals surface area contributed by atoms with Gasteiger partial charge in [-0.05, 0) is 59.3 Å². The third-order valence-electron chi connectivity index (χ3n) is 4.31. The summed E-state index contributed by atoms with van der Waals surface area (Å²) in [6.45, 7) is 7.04. The Morgan fingerprint density at radius 3 is 2.76 bits per heavy atom. The molecule has 0 radical (unpaired) electrons. The second-order valence-corrected chi connectivity index (χ2v) is 8.42. The van der Waals surface area contributed by atoms with E-state index in [-0.39, 0.29) is 5.41 Å². The fourth-order valence-corrected chi connectivity index (χ4v) is 4.01. The number of nitrogens with one attached hydrogen (secondary N) is 1. The molecule has 114 valence electrons. The van der Waals surface area contributed by atoms with Gasteiger partial charge < -0.3 is 10.6 Å². The molecule has 0 unspecified atom stereocenters. The Balaban J connectivity index is 1.74. The Kier molecular flexibility index (Phi) is 4.07. The van der Waals surface area contributed by atoms with Crippen LogP contribution in [-0.2, 0) is 0 Å². The molecular weight excluding hydrogens is 350 g/mol. The average molecular weight is 370 g/mol. The number of hydrogen-bond donors (Lipinski definition) is 2. The molecule has 0 spiro atoms. The topological polar surface area (TPSA) is 70.8 Å². The molecule has 3 heterocycles. The highest BCUT2D eigenvalue weighted by Gasteiger charge is 2.30. The lowest BCUT2D eigenvalue weighted by molar-refractivity contribution is 0.257. The molecule has 1 aliphatic heterocycles. The van der Waals surface area contributed by atoms with Gasteiger partial charge in [0.25, 0.3) is 0 Å². The van der Waals surface area contributed by atoms with Gasteiger partial charge in [0.15, 0.2) is 5.82 Å². The van der Waals surface area contributed by atoms with Gasteiger partial charge in [-0.25, -0.2) is 0 Å². The standard InChI is InChI=1S/C14H20BrN5S/c1-9-7-10(21-11(9)15)12-17-13(19-18-12)20-5-3-14(2,8-16)4-6-20/h7H,3-6,8,16H2,1-2H3,(H,17,18,19). The Morgan fingerprint density at radius 2 is 2.19 bits per heavy atom. The van der Waals surface area contributed by atoms with Crippen LogP contribution in [0.4, 0.5) is 5.95 Å². The normalized spacial score (nSPS) is 18.2. The van der Waals surface area contributed by atoms with E-state index in [0.29, 0.717) is 0 Å². The highest BCUT2D eigenvalue weighted by Crippen LogP contribution is 2.34. The molecule has 0 saturated carbocycles. The lowest BCUT2D eigenvalue weighted by Gasteiger charge is -2.38. The third kappa shape index (κ3) is 3.00. The van der Waals surface area contributed by atoms with Crippen LogP contribution in [0.15, 0.2) is 9.85 Å². The van der Waals surface area contributed by atoms with Gasteiger partial charge in [0.05, 0.1) is 8.66 Å². The SMILES string of the molecule is Cc1cc(-c2nc(N3CCC(C)(CN)CC3)n[nH]2)sc1Br. The molecule has 0 bridgehead atoms. The first-order valence-corrected chi connectivity index (χ1v) is 8.75. The summed E-state index contributed by atoms with van der Waals surface area (Å²) < 4.78 is 1.15. The van der Waals surface area contributed by atoms with Gasteiger partial charge in [-0.2, -0.15) is 4.98 Å². The fourth-order valence-electron chi connectivity index (χ4n) is 2.53. The molecule has 0 atom stereocenters. The van der Waals surface area contributed by atoms with Crippen LogP contribution in [0, 0.1) is 12.3 Å². The summed E-state index contributed by atoms with van der Waals surface area (Å²) in [6.07, 6.45) is 2.19. The maximum absolute atomic E-state index is 5.86. The largest absolute Gasteiger partial charge is 0.339 e. The van der Waals surface area contributed by atoms with Crippen LogP contribution in [-0.4, -0.2) is 34.8 Å². The summed E-state index contributed by atoms with van der Waals surface area (Å²) in [4.78, 5) is 8.01. The van der Waals surface area contributed by atoms with Crippen LogP contribution in [0.25, 0.3) is 10.7 Å². The number of nitrogens with zero attached hydrogens (tertiary/aromatic N) is 3. The summed E-state index contributed by atoms with van der Waals surface area (Å²) in [5.41, 5.74) is 7.35. The predicted octanol–water partition coefficient (Wildman–Crippen LogP) is 3.17. The molecule has 3 N–H and O–H groups in total. The van der Waals surface area contributed by atoms with E-state index < -0.39 is 0 Å². The van der Waals surface area contributed by atoms with E-state index in [1.807, 2.05) is 0 Å². The zero-order valence-electron chi connectivity index (χ0n) is 12.3. The van der Waals surface area contributed by atoms with E-state index in [4.69, 9.17) is 5.73 Å². The molecule has 21 heavy (non-hydrogen) atoms. The molecule has 1 saturated heterocycles. The highest BCUT2D eigenvalue weighted by molar-refractivity contribution is 9.11. The number of anilines is 1. The van der Waals surface area contributed by atoms with Gasteiger partial charge in [0.2, 0.25) is 5.95 Å². The number of H-pyrrole nitrogens is 1. The molecule has 7 heteroatoms. The van der Waals surface area contributed by atoms with Crippen molar-refractivity contribution >= 4 is 33.2 Å². The molecule has 5 nitrogen and oxygen atoms in total. The molecule has 2 aromatic rings. The zero-order valence-corrected chi connectivity index (χ0v) is 14.7. The van der Waals surface area contributed by atoms with E-state index in [0.717, 1.165) is 52.9 Å². The molecule has 3 rings (SSSR count). The first-order valence-electron chi connectivity index (χ1n) is 7.14. The van der Waals surface area contributed by atoms with Crippen molar-refractivity contribution in [1.29, 1.82) is 0 Å². The van der Waals surface area contributed by atoms with Crippen LogP contribution in [0.2, 0.25) is 0 Å². The molecule has 1 aliphatic rings. The molecule has 2 aromatic heterocycles. The number of aromatic nitrogens is 3. The van der Waals surface area contributed by atoms with Crippen molar-refractivity contribution in [1.82, 2.24) is 15.2 Å². The maximum atomic E-state index is 5.86. The number of rotatable bonds is 3. The Morgan fingerprint density at radius 1 is 1.48 bits per heavy atom. The number of thiophene rings is 1. The van der Waals surface area contributed by atoms with Gasteiger partial charge in [-0.1, -0.05) is 6.92 Å². The van der Waals surface area contributed by atoms with Crippen LogP contribution >= 0.6 is 27.3 Å². The Labute approximate surface area is 137 Å². The summed E-state index contributed by atoms with van der Waals surface area (Å²) in [6, 6.07) is 2.13. The molecule has 0 aromatic carbocycles. The van der Waals surface area contributed by atoms with Crippen molar-refractivity contribution in [2.45, 2.75) is 26.7 Å². The number of hydrogen-bond acceptors (Lipinski definition) is 5. The van der Waals surface area contributed by atoms with Crippen molar-refractivity contribution < 1.29 is 0 Å². The summed E-state index contributed by atoms with van der Waals surface area (Å²) >= 11 is 5.23. The van der Waals surface area contributed by atoms with Gasteiger partial charge in [0, 0.05) is 13.1 Å². The fraction of sp³-hybridized carbons (Fsp3) is 0.571. The van der Waals surface area contributed by atoms with E-state index in [1.165, 1.54) is 5.56 Å². The summed E-state index contributed by atoms with van der Waals surface area (Å²) in [7, 11) is 0. The van der Waals surface area contributed by atoms with Crippen molar-refractivity contribution in [3.8, 4) is 10.7 Å². The Bertz CT molecular complexity index is 608. The lowest BCUT2D eigenvalue weighted by atomic mass is 9.81. The summed E-state index contributed by atoms with van der Waals surface area (Å²) in [5, 5.41) is 7.44.